The molecule has 0 radical (unpaired) electrons. The van der Waals surface area contributed by atoms with Gasteiger partial charge >= 0.3 is 6.18 Å². The second-order valence-electron chi connectivity index (χ2n) is 5.97. The largest absolute Gasteiger partial charge is 0.391 e. The van der Waals surface area contributed by atoms with Crippen molar-refractivity contribution in [3.05, 3.63) is 0 Å². The number of nitrogens with one attached hydrogen (secondary N) is 1. The van der Waals surface area contributed by atoms with Crippen LogP contribution in [0, 0.1) is 5.92 Å². The van der Waals surface area contributed by atoms with Crippen LogP contribution in [0.5, 0.6) is 0 Å². The lowest BCUT2D eigenvalue weighted by atomic mass is 9.98. The molecule has 1 aliphatic heterocycles. The SMILES string of the molecule is O=S(=O)(CCCCNC1CC1)N1CCC(C(F)(F)F)CC1. The molecule has 0 unspecified atom stereocenters. The summed E-state index contributed by atoms with van der Waals surface area (Å²) in [6, 6.07) is 0.614. The van der Waals surface area contributed by atoms with E-state index in [0.29, 0.717) is 12.5 Å². The van der Waals surface area contributed by atoms with Gasteiger partial charge in [-0.1, -0.05) is 0 Å². The smallest absolute Gasteiger partial charge is 0.314 e. The summed E-state index contributed by atoms with van der Waals surface area (Å²) in [4.78, 5) is 0. The highest BCUT2D eigenvalue weighted by atomic mass is 32.2. The minimum Gasteiger partial charge on any atom is -0.314 e. The number of halogens is 3. The van der Waals surface area contributed by atoms with Crippen LogP contribution in [0.25, 0.3) is 0 Å². The lowest BCUT2D eigenvalue weighted by molar-refractivity contribution is -0.182. The average Bonchev–Trinajstić information content (AvgIpc) is 3.21. The Morgan fingerprint density at radius 1 is 1.05 bits per heavy atom. The van der Waals surface area contributed by atoms with Crippen LogP contribution in [-0.2, 0) is 10.0 Å². The van der Waals surface area contributed by atoms with Gasteiger partial charge in [0.1, 0.15) is 0 Å². The molecule has 1 N–H and O–H groups in total. The fourth-order valence-corrected chi connectivity index (χ4v) is 4.19. The molecule has 8 heteroatoms. The zero-order valence-corrected chi connectivity index (χ0v) is 12.8. The summed E-state index contributed by atoms with van der Waals surface area (Å²) in [5, 5.41) is 3.31. The van der Waals surface area contributed by atoms with Gasteiger partial charge in [-0.05, 0) is 45.1 Å². The molecule has 1 saturated heterocycles. The van der Waals surface area contributed by atoms with E-state index in [0.717, 1.165) is 13.0 Å². The van der Waals surface area contributed by atoms with Crippen LogP contribution >= 0.6 is 0 Å². The maximum atomic E-state index is 12.5. The van der Waals surface area contributed by atoms with Gasteiger partial charge in [0.2, 0.25) is 10.0 Å². The van der Waals surface area contributed by atoms with Crippen molar-refractivity contribution in [2.45, 2.75) is 50.7 Å². The van der Waals surface area contributed by atoms with Gasteiger partial charge in [0.25, 0.3) is 0 Å². The Kier molecular flexibility index (Phi) is 5.54. The number of sulfonamides is 1. The number of nitrogens with zero attached hydrogens (tertiary/aromatic N) is 1. The second-order valence-corrected chi connectivity index (χ2v) is 8.05. The molecule has 1 heterocycles. The predicted molar refractivity (Wildman–Crippen MR) is 74.4 cm³/mol. The number of hydrogen-bond donors (Lipinski definition) is 1. The molecule has 0 amide bonds. The standard InChI is InChI=1S/C13H23F3N2O2S/c14-13(15,16)11-5-8-18(9-6-11)21(19,20)10-2-1-7-17-12-3-4-12/h11-12,17H,1-10H2. The van der Waals surface area contributed by atoms with Gasteiger partial charge in [0.05, 0.1) is 11.7 Å². The first kappa shape index (κ1) is 17.0. The molecule has 21 heavy (non-hydrogen) atoms. The van der Waals surface area contributed by atoms with Gasteiger partial charge in [-0.3, -0.25) is 0 Å². The Bertz CT molecular complexity index is 427. The molecule has 2 rings (SSSR count). The number of rotatable bonds is 7. The van der Waals surface area contributed by atoms with E-state index in [-0.39, 0.29) is 31.7 Å². The van der Waals surface area contributed by atoms with Crippen LogP contribution in [0.4, 0.5) is 13.2 Å². The van der Waals surface area contributed by atoms with Crippen molar-refractivity contribution in [2.24, 2.45) is 5.92 Å². The van der Waals surface area contributed by atoms with Crippen LogP contribution in [0.15, 0.2) is 0 Å². The molecule has 0 spiro atoms. The molecule has 0 aromatic carbocycles. The Morgan fingerprint density at radius 2 is 1.67 bits per heavy atom. The fraction of sp³-hybridized carbons (Fsp3) is 1.00. The van der Waals surface area contributed by atoms with Crippen LogP contribution in [0.1, 0.15) is 38.5 Å². The summed E-state index contributed by atoms with van der Waals surface area (Å²) >= 11 is 0. The molecule has 4 nitrogen and oxygen atoms in total. The lowest BCUT2D eigenvalue weighted by Crippen LogP contribution is -2.43. The van der Waals surface area contributed by atoms with Crippen molar-refractivity contribution in [1.29, 1.82) is 0 Å². The first-order valence-electron chi connectivity index (χ1n) is 7.57. The molecule has 124 valence electrons. The third-order valence-electron chi connectivity index (χ3n) is 4.15. The van der Waals surface area contributed by atoms with Crippen molar-refractivity contribution in [3.63, 3.8) is 0 Å². The molecule has 0 aromatic rings. The molecule has 0 bridgehead atoms. The van der Waals surface area contributed by atoms with Crippen LogP contribution in [0.3, 0.4) is 0 Å². The summed E-state index contributed by atoms with van der Waals surface area (Å²) < 4.78 is 63.0. The van der Waals surface area contributed by atoms with E-state index in [9.17, 15) is 21.6 Å². The summed E-state index contributed by atoms with van der Waals surface area (Å²) in [6.07, 6.45) is -0.697. The fourth-order valence-electron chi connectivity index (χ4n) is 2.59. The highest BCUT2D eigenvalue weighted by molar-refractivity contribution is 7.89. The summed E-state index contributed by atoms with van der Waals surface area (Å²) in [5.41, 5.74) is 0. The van der Waals surface area contributed by atoms with E-state index in [2.05, 4.69) is 5.32 Å². The van der Waals surface area contributed by atoms with Crippen LogP contribution in [-0.4, -0.2) is 50.3 Å². The van der Waals surface area contributed by atoms with Crippen LogP contribution < -0.4 is 5.32 Å². The number of alkyl halides is 3. The van der Waals surface area contributed by atoms with Crippen molar-refractivity contribution >= 4 is 10.0 Å². The number of hydrogen-bond acceptors (Lipinski definition) is 3. The van der Waals surface area contributed by atoms with Gasteiger partial charge in [-0.2, -0.15) is 13.2 Å². The minimum atomic E-state index is -4.20. The molecular weight excluding hydrogens is 305 g/mol. The summed E-state index contributed by atoms with van der Waals surface area (Å²) in [5.74, 6) is -1.32. The molecule has 1 aliphatic carbocycles. The van der Waals surface area contributed by atoms with E-state index < -0.39 is 22.1 Å². The minimum absolute atomic E-state index is 0.00711. The molecule has 0 aromatic heterocycles. The maximum absolute atomic E-state index is 12.5. The van der Waals surface area contributed by atoms with Gasteiger partial charge in [-0.15, -0.1) is 0 Å². The van der Waals surface area contributed by atoms with Gasteiger partial charge in [-0.25, -0.2) is 12.7 Å². The van der Waals surface area contributed by atoms with Gasteiger partial charge in [0.15, 0.2) is 0 Å². The van der Waals surface area contributed by atoms with Crippen molar-refractivity contribution in [2.75, 3.05) is 25.4 Å². The quantitative estimate of drug-likeness (QED) is 0.728. The third-order valence-corrected chi connectivity index (χ3v) is 6.11. The third kappa shape index (κ3) is 5.41. The molecule has 2 aliphatic rings. The monoisotopic (exact) mass is 328 g/mol. The highest BCUT2D eigenvalue weighted by Gasteiger charge is 2.42. The molecule has 1 saturated carbocycles. The van der Waals surface area contributed by atoms with E-state index in [4.69, 9.17) is 0 Å². The molecular formula is C13H23F3N2O2S. The van der Waals surface area contributed by atoms with E-state index in [1.54, 1.807) is 0 Å². The highest BCUT2D eigenvalue weighted by Crippen LogP contribution is 2.34. The first-order chi connectivity index (χ1) is 9.79. The number of piperidine rings is 1. The average molecular weight is 328 g/mol. The van der Waals surface area contributed by atoms with Crippen molar-refractivity contribution in [1.82, 2.24) is 9.62 Å². The Hall–Kier alpha value is -0.340. The van der Waals surface area contributed by atoms with Crippen molar-refractivity contribution < 1.29 is 21.6 Å². The number of unbranched alkanes of at least 4 members (excludes halogenated alkanes) is 1. The Morgan fingerprint density at radius 3 is 2.19 bits per heavy atom. The summed E-state index contributed by atoms with van der Waals surface area (Å²) in [6.45, 7) is 0.802. The topological polar surface area (TPSA) is 49.4 Å². The molecule has 2 fully saturated rings. The Labute approximate surface area is 124 Å². The van der Waals surface area contributed by atoms with E-state index in [1.165, 1.54) is 17.1 Å². The van der Waals surface area contributed by atoms with Gasteiger partial charge < -0.3 is 5.32 Å². The summed E-state index contributed by atoms with van der Waals surface area (Å²) in [7, 11) is -3.40. The zero-order valence-electron chi connectivity index (χ0n) is 12.0. The van der Waals surface area contributed by atoms with Crippen LogP contribution in [0.2, 0.25) is 0 Å². The normalized spacial score (nSPS) is 22.6. The zero-order chi connectivity index (χ0) is 15.5. The predicted octanol–water partition coefficient (Wildman–Crippen LogP) is 2.12. The van der Waals surface area contributed by atoms with Gasteiger partial charge in [0, 0.05) is 19.1 Å². The molecule has 0 atom stereocenters. The van der Waals surface area contributed by atoms with Crippen molar-refractivity contribution in [3.8, 4) is 0 Å². The first-order valence-corrected chi connectivity index (χ1v) is 9.18. The second kappa shape index (κ2) is 6.83. The lowest BCUT2D eigenvalue weighted by Gasteiger charge is -2.32. The van der Waals surface area contributed by atoms with E-state index >= 15 is 0 Å². The Balaban J connectivity index is 1.67. The van der Waals surface area contributed by atoms with E-state index in [1.807, 2.05) is 0 Å². The maximum Gasteiger partial charge on any atom is 0.391 e.